The van der Waals surface area contributed by atoms with E-state index in [0.29, 0.717) is 65.2 Å². The molecule has 4 aliphatic rings. The van der Waals surface area contributed by atoms with E-state index in [9.17, 15) is 14.0 Å². The van der Waals surface area contributed by atoms with Crippen molar-refractivity contribution in [1.29, 1.82) is 0 Å². The van der Waals surface area contributed by atoms with Crippen LogP contribution in [0.1, 0.15) is 26.3 Å². The summed E-state index contributed by atoms with van der Waals surface area (Å²) >= 11 is 14.6. The van der Waals surface area contributed by atoms with Gasteiger partial charge in [0.15, 0.2) is 0 Å². The minimum Gasteiger partial charge on any atom is -0.375 e. The van der Waals surface area contributed by atoms with Gasteiger partial charge in [0.25, 0.3) is 0 Å². The Morgan fingerprint density at radius 1 is 1.13 bits per heavy atom. The molecule has 3 saturated heterocycles. The first kappa shape index (κ1) is 32.6. The third-order valence-electron chi connectivity index (χ3n) is 9.34. The number of benzene rings is 2. The Morgan fingerprint density at radius 2 is 1.91 bits per heavy atom. The number of morpholine rings is 1. The molecular weight excluding hydrogens is 663 g/mol. The molecule has 3 fully saturated rings. The second kappa shape index (κ2) is 12.4. The van der Waals surface area contributed by atoms with Crippen LogP contribution in [-0.4, -0.2) is 88.0 Å². The van der Waals surface area contributed by atoms with Crippen LogP contribution in [0.25, 0.3) is 22.0 Å². The molecule has 5 heterocycles. The van der Waals surface area contributed by atoms with Gasteiger partial charge in [-0.2, -0.15) is 18.5 Å². The number of hydrogen-bond acceptors (Lipinski definition) is 7. The molecule has 1 amide bonds. The topological polar surface area (TPSA) is 70.9 Å². The molecule has 2 bridgehead atoms. The Hall–Kier alpha value is -2.35. The van der Waals surface area contributed by atoms with E-state index < -0.39 is 17.3 Å². The summed E-state index contributed by atoms with van der Waals surface area (Å²) in [7, 11) is 0. The van der Waals surface area contributed by atoms with Crippen molar-refractivity contribution in [3.05, 3.63) is 63.0 Å². The second-order valence-electron chi connectivity index (χ2n) is 12.1. The fourth-order valence-electron chi connectivity index (χ4n) is 7.20. The van der Waals surface area contributed by atoms with E-state index in [1.54, 1.807) is 15.5 Å². The number of carbonyl (C=O) groups is 1. The standard InChI is InChI=1S/C31H31Cl2F2N5O3S.H2S/c1-4-26(41)38-9-16(3)39(10-15(38)2)30-21-7-23(33)27(20-6-22(32)25(35)8-24(20)34)29-28(21)40(31(42)36-30)18(14-44-29)11-37-12-19-5-17(37)13-43-19;/h4,6-8,15-19H,1,5,9-14H2,2-3H3;1H2/t15-,16+,17+,18+,19+;/m1./s1. The van der Waals surface area contributed by atoms with Gasteiger partial charge in [-0.15, -0.1) is 11.8 Å². The quantitative estimate of drug-likeness (QED) is 0.258. The summed E-state index contributed by atoms with van der Waals surface area (Å²) in [5, 5.41) is 0.675. The molecule has 8 nitrogen and oxygen atoms in total. The molecule has 0 radical (unpaired) electrons. The lowest BCUT2D eigenvalue weighted by Crippen LogP contribution is -2.58. The number of aromatic nitrogens is 2. The van der Waals surface area contributed by atoms with E-state index in [-0.39, 0.29) is 59.2 Å². The molecule has 14 heteroatoms. The van der Waals surface area contributed by atoms with Crippen molar-refractivity contribution in [2.45, 2.75) is 55.4 Å². The van der Waals surface area contributed by atoms with Crippen LogP contribution in [0.2, 0.25) is 10.0 Å². The van der Waals surface area contributed by atoms with Crippen molar-refractivity contribution < 1.29 is 18.3 Å². The minimum atomic E-state index is -0.865. The zero-order valence-corrected chi connectivity index (χ0v) is 28.1. The summed E-state index contributed by atoms with van der Waals surface area (Å²) in [6.45, 7) is 10.6. The average molecular weight is 697 g/mol. The van der Waals surface area contributed by atoms with Gasteiger partial charge < -0.3 is 14.5 Å². The van der Waals surface area contributed by atoms with E-state index in [2.05, 4.69) is 16.5 Å². The third kappa shape index (κ3) is 5.45. The van der Waals surface area contributed by atoms with Crippen molar-refractivity contribution in [3.63, 3.8) is 0 Å². The Kier molecular flexibility index (Phi) is 8.94. The Balaban J connectivity index is 0.00000357. The van der Waals surface area contributed by atoms with Crippen molar-refractivity contribution in [2.24, 2.45) is 0 Å². The van der Waals surface area contributed by atoms with E-state index >= 15 is 4.39 Å². The molecule has 2 aromatic carbocycles. The molecule has 7 rings (SSSR count). The smallest absolute Gasteiger partial charge is 0.350 e. The summed E-state index contributed by atoms with van der Waals surface area (Å²) < 4.78 is 37.0. The predicted molar refractivity (Wildman–Crippen MR) is 179 cm³/mol. The van der Waals surface area contributed by atoms with Gasteiger partial charge in [0.1, 0.15) is 17.5 Å². The fraction of sp³-hybridized carbons (Fsp3) is 0.452. The molecule has 240 valence electrons. The average Bonchev–Trinajstić information content (AvgIpc) is 3.62. The summed E-state index contributed by atoms with van der Waals surface area (Å²) in [4.78, 5) is 38.1. The monoisotopic (exact) mass is 695 g/mol. The van der Waals surface area contributed by atoms with Crippen LogP contribution in [0.3, 0.4) is 0 Å². The predicted octanol–water partition coefficient (Wildman–Crippen LogP) is 5.49. The van der Waals surface area contributed by atoms with Crippen LogP contribution in [0.15, 0.2) is 40.5 Å². The summed E-state index contributed by atoms with van der Waals surface area (Å²) in [5.41, 5.74) is 0.637. The number of halogens is 4. The SMILES string of the molecule is C=CC(=O)N1C[C@H](C)N(c2nc(=O)n3c4c(c(-c5cc(Cl)c(F)cc5F)c(Cl)cc24)SC[C@@H]3CN2C[C@@H]3C[C@H]2CO3)C[C@H]1C.S. The number of likely N-dealkylation sites (tertiary alicyclic amines) is 1. The normalized spacial score (nSPS) is 26.0. The summed E-state index contributed by atoms with van der Waals surface area (Å²) in [6, 6.07) is 3.51. The van der Waals surface area contributed by atoms with Crippen molar-refractivity contribution >= 4 is 71.1 Å². The number of ether oxygens (including phenoxy) is 1. The van der Waals surface area contributed by atoms with Crippen LogP contribution in [0.5, 0.6) is 0 Å². The largest absolute Gasteiger partial charge is 0.375 e. The highest BCUT2D eigenvalue weighted by molar-refractivity contribution is 7.99. The van der Waals surface area contributed by atoms with Gasteiger partial charge in [0.05, 0.1) is 34.3 Å². The van der Waals surface area contributed by atoms with Gasteiger partial charge in [-0.1, -0.05) is 29.8 Å². The molecule has 1 aromatic heterocycles. The summed E-state index contributed by atoms with van der Waals surface area (Å²) in [5.74, 6) is -0.808. The van der Waals surface area contributed by atoms with Gasteiger partial charge in [-0.25, -0.2) is 13.6 Å². The molecule has 45 heavy (non-hydrogen) atoms. The van der Waals surface area contributed by atoms with Crippen LogP contribution in [-0.2, 0) is 9.53 Å². The van der Waals surface area contributed by atoms with Crippen molar-refractivity contribution in [1.82, 2.24) is 19.4 Å². The maximum Gasteiger partial charge on any atom is 0.350 e. The molecule has 0 spiro atoms. The highest BCUT2D eigenvalue weighted by Crippen LogP contribution is 2.49. The van der Waals surface area contributed by atoms with Crippen molar-refractivity contribution in [3.8, 4) is 11.1 Å². The first-order valence-electron chi connectivity index (χ1n) is 14.7. The first-order chi connectivity index (χ1) is 21.0. The Morgan fingerprint density at radius 3 is 2.60 bits per heavy atom. The molecule has 0 unspecified atom stereocenters. The van der Waals surface area contributed by atoms with Crippen LogP contribution in [0, 0.1) is 11.6 Å². The highest BCUT2D eigenvalue weighted by Gasteiger charge is 2.41. The number of rotatable bonds is 5. The van der Waals surface area contributed by atoms with Gasteiger partial charge in [-0.05, 0) is 38.5 Å². The van der Waals surface area contributed by atoms with Gasteiger partial charge in [0, 0.05) is 77.5 Å². The van der Waals surface area contributed by atoms with Gasteiger partial charge >= 0.3 is 5.69 Å². The molecule has 0 N–H and O–H groups in total. The second-order valence-corrected chi connectivity index (χ2v) is 13.9. The number of thioether (sulfide) groups is 1. The number of anilines is 1. The van der Waals surface area contributed by atoms with Crippen LogP contribution in [0.4, 0.5) is 14.6 Å². The molecule has 5 atom stereocenters. The van der Waals surface area contributed by atoms with Crippen LogP contribution >= 0.6 is 48.5 Å². The highest BCUT2D eigenvalue weighted by atomic mass is 35.5. The van der Waals surface area contributed by atoms with Crippen molar-refractivity contribution in [2.75, 3.05) is 43.4 Å². The molecule has 4 aliphatic heterocycles. The zero-order valence-electron chi connectivity index (χ0n) is 24.7. The third-order valence-corrected chi connectivity index (χ3v) is 11.2. The molecule has 0 saturated carbocycles. The Bertz CT molecular complexity index is 1780. The lowest BCUT2D eigenvalue weighted by Gasteiger charge is -2.45. The number of fused-ring (bicyclic) bond motifs is 2. The number of nitrogens with zero attached hydrogens (tertiary/aromatic N) is 5. The zero-order chi connectivity index (χ0) is 31.0. The Labute approximate surface area is 280 Å². The molecular formula is C31H33Cl2F2N5O3S2. The van der Waals surface area contributed by atoms with Gasteiger partial charge in [-0.3, -0.25) is 14.3 Å². The number of carbonyl (C=O) groups excluding carboxylic acids is 1. The molecule has 0 aliphatic carbocycles. The minimum absolute atomic E-state index is 0. The van der Waals surface area contributed by atoms with E-state index in [1.807, 2.05) is 18.7 Å². The maximum absolute atomic E-state index is 15.3. The molecule has 3 aromatic rings. The number of piperazine rings is 1. The first-order valence-corrected chi connectivity index (χ1v) is 16.4. The van der Waals surface area contributed by atoms with Crippen LogP contribution < -0.4 is 10.6 Å². The lowest BCUT2D eigenvalue weighted by atomic mass is 10.0. The van der Waals surface area contributed by atoms with E-state index in [0.717, 1.165) is 19.0 Å². The summed E-state index contributed by atoms with van der Waals surface area (Å²) in [6.07, 6.45) is 2.51. The number of hydrogen-bond donors (Lipinski definition) is 0. The number of amides is 1. The maximum atomic E-state index is 15.3. The van der Waals surface area contributed by atoms with E-state index in [4.69, 9.17) is 27.9 Å². The lowest BCUT2D eigenvalue weighted by molar-refractivity contribution is -0.128. The fourth-order valence-corrected chi connectivity index (χ4v) is 9.05. The van der Waals surface area contributed by atoms with Gasteiger partial charge in [0.2, 0.25) is 5.91 Å². The van der Waals surface area contributed by atoms with E-state index in [1.165, 1.54) is 23.9 Å².